The van der Waals surface area contributed by atoms with Gasteiger partial charge in [-0.15, -0.1) is 10.2 Å². The van der Waals surface area contributed by atoms with Crippen molar-refractivity contribution < 1.29 is 9.53 Å². The lowest BCUT2D eigenvalue weighted by Gasteiger charge is -2.11. The lowest BCUT2D eigenvalue weighted by atomic mass is 10.0. The molecular weight excluding hydrogens is 278 g/mol. The molecule has 1 unspecified atom stereocenters. The molecule has 0 bridgehead atoms. The van der Waals surface area contributed by atoms with Gasteiger partial charge in [0.1, 0.15) is 11.6 Å². The van der Waals surface area contributed by atoms with Crippen LogP contribution in [0.15, 0.2) is 24.3 Å². The molecule has 0 saturated heterocycles. The predicted octanol–water partition coefficient (Wildman–Crippen LogP) is 2.30. The summed E-state index contributed by atoms with van der Waals surface area (Å²) in [5.41, 5.74) is 2.53. The second-order valence-corrected chi connectivity index (χ2v) is 5.83. The normalized spacial score (nSPS) is 17.6. The number of esters is 1. The summed E-state index contributed by atoms with van der Waals surface area (Å²) in [4.78, 5) is 11.7. The third-order valence-corrected chi connectivity index (χ3v) is 4.47. The number of nitrogens with zero attached hydrogens (tertiary/aromatic N) is 3. The Labute approximate surface area is 130 Å². The molecule has 0 aliphatic carbocycles. The van der Waals surface area contributed by atoms with Crippen LogP contribution in [0.1, 0.15) is 35.6 Å². The van der Waals surface area contributed by atoms with Crippen LogP contribution in [0, 0.1) is 12.8 Å². The van der Waals surface area contributed by atoms with Crippen molar-refractivity contribution in [3.63, 3.8) is 0 Å². The van der Waals surface area contributed by atoms with Gasteiger partial charge in [-0.25, -0.2) is 0 Å². The van der Waals surface area contributed by atoms with Crippen LogP contribution < -0.4 is 0 Å². The highest BCUT2D eigenvalue weighted by Crippen LogP contribution is 2.22. The van der Waals surface area contributed by atoms with E-state index in [0.29, 0.717) is 0 Å². The summed E-state index contributed by atoms with van der Waals surface area (Å²) in [7, 11) is 1.46. The first kappa shape index (κ1) is 14.8. The van der Waals surface area contributed by atoms with Crippen LogP contribution in [0.3, 0.4) is 0 Å². The minimum Gasteiger partial charge on any atom is -0.469 e. The minimum atomic E-state index is -0.112. The van der Waals surface area contributed by atoms with E-state index >= 15 is 0 Å². The standard InChI is InChI=1S/C17H21N3O2/c1-12-5-3-4-6-14(12)11-16-19-18-15-8-7-13(17(21)22-2)9-10-20(15)16/h3-6,13H,7-11H2,1-2H3. The number of aryl methyl sites for hydroxylation is 2. The maximum absolute atomic E-state index is 11.7. The molecule has 0 amide bonds. The number of methoxy groups -OCH3 is 1. The third-order valence-electron chi connectivity index (χ3n) is 4.47. The average molecular weight is 299 g/mol. The van der Waals surface area contributed by atoms with E-state index in [1.807, 2.05) is 6.07 Å². The van der Waals surface area contributed by atoms with Gasteiger partial charge >= 0.3 is 5.97 Å². The lowest BCUT2D eigenvalue weighted by molar-refractivity contribution is -0.145. The highest BCUT2D eigenvalue weighted by molar-refractivity contribution is 5.72. The van der Waals surface area contributed by atoms with Crippen molar-refractivity contribution in [1.29, 1.82) is 0 Å². The lowest BCUT2D eigenvalue weighted by Crippen LogP contribution is -2.17. The molecule has 0 radical (unpaired) electrons. The predicted molar refractivity (Wildman–Crippen MR) is 82.5 cm³/mol. The van der Waals surface area contributed by atoms with Gasteiger partial charge in [-0.1, -0.05) is 24.3 Å². The van der Waals surface area contributed by atoms with Crippen molar-refractivity contribution in [2.75, 3.05) is 7.11 Å². The Morgan fingerprint density at radius 2 is 2.14 bits per heavy atom. The highest BCUT2D eigenvalue weighted by Gasteiger charge is 2.25. The Morgan fingerprint density at radius 1 is 1.32 bits per heavy atom. The molecule has 2 heterocycles. The maximum atomic E-state index is 11.7. The van der Waals surface area contributed by atoms with Crippen molar-refractivity contribution in [2.45, 2.75) is 39.2 Å². The van der Waals surface area contributed by atoms with Crippen LogP contribution >= 0.6 is 0 Å². The molecule has 3 rings (SSSR count). The zero-order valence-corrected chi connectivity index (χ0v) is 13.1. The van der Waals surface area contributed by atoms with Crippen molar-refractivity contribution >= 4 is 5.97 Å². The Balaban J connectivity index is 1.79. The van der Waals surface area contributed by atoms with E-state index in [4.69, 9.17) is 4.74 Å². The third kappa shape index (κ3) is 2.89. The number of hydrogen-bond donors (Lipinski definition) is 0. The number of carbonyl (C=O) groups is 1. The van der Waals surface area contributed by atoms with Gasteiger partial charge in [-0.2, -0.15) is 0 Å². The zero-order valence-electron chi connectivity index (χ0n) is 13.1. The van der Waals surface area contributed by atoms with Crippen molar-refractivity contribution in [1.82, 2.24) is 14.8 Å². The SMILES string of the molecule is COC(=O)C1CCc2nnc(Cc3ccccc3C)n2CC1. The first-order valence-electron chi connectivity index (χ1n) is 7.72. The van der Waals surface area contributed by atoms with Crippen molar-refractivity contribution in [3.8, 4) is 0 Å². The Hall–Kier alpha value is -2.17. The van der Waals surface area contributed by atoms with E-state index in [1.165, 1.54) is 18.2 Å². The van der Waals surface area contributed by atoms with Crippen LogP contribution in [0.2, 0.25) is 0 Å². The molecule has 0 N–H and O–H groups in total. The van der Waals surface area contributed by atoms with Gasteiger partial charge < -0.3 is 9.30 Å². The monoisotopic (exact) mass is 299 g/mol. The van der Waals surface area contributed by atoms with Gasteiger partial charge in [0.15, 0.2) is 0 Å². The number of ether oxygens (including phenoxy) is 1. The van der Waals surface area contributed by atoms with Gasteiger partial charge in [-0.05, 0) is 30.9 Å². The number of aromatic nitrogens is 3. The van der Waals surface area contributed by atoms with Crippen LogP contribution in [0.5, 0.6) is 0 Å². The Kier molecular flexibility index (Phi) is 4.22. The molecular formula is C17H21N3O2. The Bertz CT molecular complexity index is 678. The number of rotatable bonds is 3. The highest BCUT2D eigenvalue weighted by atomic mass is 16.5. The number of hydrogen-bond acceptors (Lipinski definition) is 4. The molecule has 1 aliphatic rings. The van der Waals surface area contributed by atoms with Crippen molar-refractivity contribution in [2.24, 2.45) is 5.92 Å². The summed E-state index contributed by atoms with van der Waals surface area (Å²) in [5, 5.41) is 8.69. The smallest absolute Gasteiger partial charge is 0.308 e. The molecule has 1 aromatic heterocycles. The topological polar surface area (TPSA) is 57.0 Å². The number of fused-ring (bicyclic) bond motifs is 1. The van der Waals surface area contributed by atoms with E-state index in [9.17, 15) is 4.79 Å². The minimum absolute atomic E-state index is 0.0296. The molecule has 22 heavy (non-hydrogen) atoms. The fourth-order valence-electron chi connectivity index (χ4n) is 3.06. The van der Waals surface area contributed by atoms with E-state index < -0.39 is 0 Å². The second-order valence-electron chi connectivity index (χ2n) is 5.83. The summed E-state index contributed by atoms with van der Waals surface area (Å²) >= 11 is 0. The van der Waals surface area contributed by atoms with Gasteiger partial charge in [0.05, 0.1) is 13.0 Å². The molecule has 5 nitrogen and oxygen atoms in total. The molecule has 0 saturated carbocycles. The molecule has 5 heteroatoms. The van der Waals surface area contributed by atoms with Crippen LogP contribution in [-0.4, -0.2) is 27.8 Å². The van der Waals surface area contributed by atoms with Gasteiger partial charge in [0.2, 0.25) is 0 Å². The summed E-state index contributed by atoms with van der Waals surface area (Å²) < 4.78 is 7.05. The van der Waals surface area contributed by atoms with Gasteiger partial charge in [0.25, 0.3) is 0 Å². The van der Waals surface area contributed by atoms with Gasteiger partial charge in [-0.3, -0.25) is 4.79 Å². The summed E-state index contributed by atoms with van der Waals surface area (Å²) in [6.45, 7) is 2.89. The quantitative estimate of drug-likeness (QED) is 0.816. The first-order valence-corrected chi connectivity index (χ1v) is 7.72. The molecule has 1 atom stereocenters. The van der Waals surface area contributed by atoms with E-state index in [0.717, 1.165) is 43.9 Å². The summed E-state index contributed by atoms with van der Waals surface area (Å²) in [6.07, 6.45) is 3.14. The fraction of sp³-hybridized carbons (Fsp3) is 0.471. The number of carbonyl (C=O) groups excluding carboxylic acids is 1. The van der Waals surface area contributed by atoms with Crippen LogP contribution in [-0.2, 0) is 28.9 Å². The molecule has 1 aliphatic heterocycles. The molecule has 0 fully saturated rings. The van der Waals surface area contributed by atoms with Crippen LogP contribution in [0.25, 0.3) is 0 Å². The fourth-order valence-corrected chi connectivity index (χ4v) is 3.06. The van der Waals surface area contributed by atoms with Crippen molar-refractivity contribution in [3.05, 3.63) is 47.0 Å². The molecule has 116 valence electrons. The second kappa shape index (κ2) is 6.30. The first-order chi connectivity index (χ1) is 10.7. The Morgan fingerprint density at radius 3 is 2.91 bits per heavy atom. The molecule has 0 spiro atoms. The van der Waals surface area contributed by atoms with Crippen LogP contribution in [0.4, 0.5) is 0 Å². The zero-order chi connectivity index (χ0) is 15.5. The maximum Gasteiger partial charge on any atom is 0.308 e. The average Bonchev–Trinajstić information content (AvgIpc) is 2.78. The largest absolute Gasteiger partial charge is 0.469 e. The number of benzene rings is 1. The van der Waals surface area contributed by atoms with E-state index in [1.54, 1.807) is 0 Å². The summed E-state index contributed by atoms with van der Waals surface area (Å²) in [5.74, 6) is 1.82. The van der Waals surface area contributed by atoms with Gasteiger partial charge in [0, 0.05) is 19.4 Å². The van der Waals surface area contributed by atoms with E-state index in [2.05, 4.69) is 39.9 Å². The summed E-state index contributed by atoms with van der Waals surface area (Å²) in [6, 6.07) is 8.34. The van der Waals surface area contributed by atoms with E-state index in [-0.39, 0.29) is 11.9 Å². The molecule has 1 aromatic carbocycles. The molecule has 2 aromatic rings.